The number of aromatic amines is 1. The van der Waals surface area contributed by atoms with Gasteiger partial charge in [0, 0.05) is 20.2 Å². The van der Waals surface area contributed by atoms with Crippen molar-refractivity contribution in [2.45, 2.75) is 39.7 Å². The zero-order valence-corrected chi connectivity index (χ0v) is 17.8. The lowest BCUT2D eigenvalue weighted by molar-refractivity contribution is -0.120. The highest BCUT2D eigenvalue weighted by molar-refractivity contribution is 5.96. The molecular formula is C21H30N4O5. The second kappa shape index (κ2) is 11.2. The van der Waals surface area contributed by atoms with Crippen LogP contribution in [0.3, 0.4) is 0 Å². The molecule has 0 aliphatic carbocycles. The molecule has 0 saturated carbocycles. The fourth-order valence-electron chi connectivity index (χ4n) is 2.96. The number of nitrogens with one attached hydrogen (secondary N) is 1. The van der Waals surface area contributed by atoms with Gasteiger partial charge >= 0.3 is 5.69 Å². The minimum absolute atomic E-state index is 0.0473. The number of nitrogens with zero attached hydrogens (tertiary/aromatic N) is 2. The van der Waals surface area contributed by atoms with Crippen molar-refractivity contribution in [2.75, 3.05) is 37.5 Å². The Balaban J connectivity index is 2.30. The van der Waals surface area contributed by atoms with Gasteiger partial charge in [0.2, 0.25) is 0 Å². The van der Waals surface area contributed by atoms with Gasteiger partial charge in [0.1, 0.15) is 11.6 Å². The minimum atomic E-state index is -0.720. The first kappa shape index (κ1) is 23.2. The first-order chi connectivity index (χ1) is 14.4. The predicted octanol–water partition coefficient (Wildman–Crippen LogP) is 1.54. The van der Waals surface area contributed by atoms with E-state index in [9.17, 15) is 14.4 Å². The van der Waals surface area contributed by atoms with E-state index in [0.717, 1.165) is 18.4 Å². The predicted molar refractivity (Wildman–Crippen MR) is 116 cm³/mol. The summed E-state index contributed by atoms with van der Waals surface area (Å²) in [5, 5.41) is 0. The number of carbonyl (C=O) groups is 1. The summed E-state index contributed by atoms with van der Waals surface area (Å²) in [7, 11) is 1.49. The summed E-state index contributed by atoms with van der Waals surface area (Å²) < 4.78 is 11.9. The van der Waals surface area contributed by atoms with Gasteiger partial charge < -0.3 is 15.2 Å². The molecule has 0 saturated heterocycles. The topological polar surface area (TPSA) is 120 Å². The Labute approximate surface area is 175 Å². The van der Waals surface area contributed by atoms with Crippen molar-refractivity contribution in [3.8, 4) is 5.75 Å². The lowest BCUT2D eigenvalue weighted by atomic mass is 10.2. The molecule has 1 aromatic carbocycles. The summed E-state index contributed by atoms with van der Waals surface area (Å²) in [6.07, 6.45) is 2.45. The molecule has 3 N–H and O–H groups in total. The molecule has 0 aliphatic rings. The zero-order valence-electron chi connectivity index (χ0n) is 17.8. The Morgan fingerprint density at radius 3 is 2.50 bits per heavy atom. The standard InChI is InChI=1S/C21H30N4O5/c1-4-6-11-25-19(22)18(20(27)23-21(25)28)24(12-13-29-3)17(26)14-30-16-9-7-15(5-2)8-10-16/h7-10H,4-6,11-14,22H2,1-3H3,(H,23,27,28). The third kappa shape index (κ3) is 5.73. The van der Waals surface area contributed by atoms with E-state index in [1.807, 2.05) is 19.1 Å². The maximum Gasteiger partial charge on any atom is 0.330 e. The molecule has 0 fully saturated rings. The van der Waals surface area contributed by atoms with Crippen molar-refractivity contribution in [1.29, 1.82) is 0 Å². The Morgan fingerprint density at radius 2 is 1.90 bits per heavy atom. The van der Waals surface area contributed by atoms with E-state index in [2.05, 4.69) is 11.9 Å². The van der Waals surface area contributed by atoms with Crippen molar-refractivity contribution in [2.24, 2.45) is 0 Å². The number of aryl methyl sites for hydroxylation is 1. The number of hydrogen-bond acceptors (Lipinski definition) is 6. The van der Waals surface area contributed by atoms with Crippen molar-refractivity contribution < 1.29 is 14.3 Å². The summed E-state index contributed by atoms with van der Waals surface area (Å²) in [6, 6.07) is 7.43. The smallest absolute Gasteiger partial charge is 0.330 e. The molecule has 0 unspecified atom stereocenters. The first-order valence-electron chi connectivity index (χ1n) is 10.1. The molecule has 30 heavy (non-hydrogen) atoms. The van der Waals surface area contributed by atoms with Crippen molar-refractivity contribution in [1.82, 2.24) is 9.55 Å². The highest BCUT2D eigenvalue weighted by atomic mass is 16.5. The quantitative estimate of drug-likeness (QED) is 0.571. The molecule has 1 heterocycles. The number of H-pyrrole nitrogens is 1. The maximum absolute atomic E-state index is 12.9. The zero-order chi connectivity index (χ0) is 22.1. The van der Waals surface area contributed by atoms with Crippen LogP contribution in [-0.2, 0) is 22.5 Å². The third-order valence-electron chi connectivity index (χ3n) is 4.73. The number of amides is 1. The Kier molecular flexibility index (Phi) is 8.67. The molecule has 0 radical (unpaired) electrons. The van der Waals surface area contributed by atoms with Crippen molar-refractivity contribution in [3.63, 3.8) is 0 Å². The highest BCUT2D eigenvalue weighted by Gasteiger charge is 2.24. The molecule has 0 atom stereocenters. The Hall–Kier alpha value is -3.07. The second-order valence-electron chi connectivity index (χ2n) is 6.82. The van der Waals surface area contributed by atoms with Crippen LogP contribution in [-0.4, -0.2) is 42.3 Å². The largest absolute Gasteiger partial charge is 0.484 e. The highest BCUT2D eigenvalue weighted by Crippen LogP contribution is 2.18. The van der Waals surface area contributed by atoms with Gasteiger partial charge in [0.05, 0.1) is 6.61 Å². The number of aromatic nitrogens is 2. The van der Waals surface area contributed by atoms with Crippen LogP contribution in [0.25, 0.3) is 0 Å². The lowest BCUT2D eigenvalue weighted by Crippen LogP contribution is -2.44. The lowest BCUT2D eigenvalue weighted by Gasteiger charge is -2.24. The van der Waals surface area contributed by atoms with Gasteiger partial charge in [-0.15, -0.1) is 0 Å². The number of benzene rings is 1. The summed E-state index contributed by atoms with van der Waals surface area (Å²) in [4.78, 5) is 41.0. The van der Waals surface area contributed by atoms with E-state index < -0.39 is 17.2 Å². The number of rotatable bonds is 11. The molecule has 1 aromatic heterocycles. The normalized spacial score (nSPS) is 10.8. The van der Waals surface area contributed by atoms with E-state index >= 15 is 0 Å². The number of hydrogen-bond donors (Lipinski definition) is 2. The molecular weight excluding hydrogens is 388 g/mol. The number of nitrogen functional groups attached to an aromatic ring is 1. The number of methoxy groups -OCH3 is 1. The van der Waals surface area contributed by atoms with Gasteiger partial charge in [-0.25, -0.2) is 4.79 Å². The molecule has 0 spiro atoms. The molecule has 0 aliphatic heterocycles. The van der Waals surface area contributed by atoms with Gasteiger partial charge in [-0.2, -0.15) is 0 Å². The van der Waals surface area contributed by atoms with Crippen LogP contribution in [0, 0.1) is 0 Å². The average molecular weight is 418 g/mol. The SMILES string of the molecule is CCCCn1c(N)c(N(CCOC)C(=O)COc2ccc(CC)cc2)c(=O)[nH]c1=O. The summed E-state index contributed by atoms with van der Waals surface area (Å²) in [5.41, 5.74) is 5.91. The van der Waals surface area contributed by atoms with E-state index in [-0.39, 0.29) is 31.3 Å². The minimum Gasteiger partial charge on any atom is -0.484 e. The van der Waals surface area contributed by atoms with Crippen molar-refractivity contribution >= 4 is 17.4 Å². The van der Waals surface area contributed by atoms with Gasteiger partial charge in [0.15, 0.2) is 12.3 Å². The molecule has 0 bridgehead atoms. The summed E-state index contributed by atoms with van der Waals surface area (Å²) in [5.74, 6) is 0.0282. The average Bonchev–Trinajstić information content (AvgIpc) is 2.74. The van der Waals surface area contributed by atoms with Gasteiger partial charge in [-0.1, -0.05) is 32.4 Å². The van der Waals surface area contributed by atoms with E-state index in [0.29, 0.717) is 18.7 Å². The Morgan fingerprint density at radius 1 is 1.20 bits per heavy atom. The number of ether oxygens (including phenoxy) is 2. The Bertz CT molecular complexity index is 949. The first-order valence-corrected chi connectivity index (χ1v) is 10.1. The van der Waals surface area contributed by atoms with Crippen LogP contribution in [0.5, 0.6) is 5.75 Å². The van der Waals surface area contributed by atoms with E-state index in [1.54, 1.807) is 12.1 Å². The molecule has 2 aromatic rings. The number of unbranched alkanes of at least 4 members (excludes halogenated alkanes) is 1. The molecule has 9 nitrogen and oxygen atoms in total. The second-order valence-corrected chi connectivity index (χ2v) is 6.82. The number of nitrogens with two attached hydrogens (primary N) is 1. The number of anilines is 2. The van der Waals surface area contributed by atoms with Gasteiger partial charge in [-0.05, 0) is 30.5 Å². The fourth-order valence-corrected chi connectivity index (χ4v) is 2.96. The molecule has 9 heteroatoms. The monoisotopic (exact) mass is 418 g/mol. The van der Waals surface area contributed by atoms with Crippen LogP contribution in [0.15, 0.2) is 33.9 Å². The molecule has 2 rings (SSSR count). The van der Waals surface area contributed by atoms with Crippen molar-refractivity contribution in [3.05, 3.63) is 50.7 Å². The van der Waals surface area contributed by atoms with Crippen LogP contribution in [0.4, 0.5) is 11.5 Å². The summed E-state index contributed by atoms with van der Waals surface area (Å²) >= 11 is 0. The van der Waals surface area contributed by atoms with E-state index in [1.165, 1.54) is 16.6 Å². The van der Waals surface area contributed by atoms with Gasteiger partial charge in [0.25, 0.3) is 11.5 Å². The summed E-state index contributed by atoms with van der Waals surface area (Å²) in [6.45, 7) is 4.36. The molecule has 1 amide bonds. The fraction of sp³-hybridized carbons (Fsp3) is 0.476. The number of carbonyl (C=O) groups excluding carboxylic acids is 1. The van der Waals surface area contributed by atoms with Crippen LogP contribution in [0.1, 0.15) is 32.3 Å². The third-order valence-corrected chi connectivity index (χ3v) is 4.73. The van der Waals surface area contributed by atoms with Crippen LogP contribution in [0.2, 0.25) is 0 Å². The van der Waals surface area contributed by atoms with Crippen LogP contribution < -0.4 is 26.6 Å². The van der Waals surface area contributed by atoms with E-state index in [4.69, 9.17) is 15.2 Å². The molecule has 164 valence electrons. The maximum atomic E-state index is 12.9. The van der Waals surface area contributed by atoms with Gasteiger partial charge in [-0.3, -0.25) is 24.0 Å². The van der Waals surface area contributed by atoms with Crippen LogP contribution >= 0.6 is 0 Å².